The first-order valence-electron chi connectivity index (χ1n) is 6.51. The highest BCUT2D eigenvalue weighted by molar-refractivity contribution is 5.67. The van der Waals surface area contributed by atoms with E-state index in [9.17, 15) is 13.2 Å². The van der Waals surface area contributed by atoms with Crippen LogP contribution in [0.2, 0.25) is 0 Å². The van der Waals surface area contributed by atoms with E-state index in [-0.39, 0.29) is 5.75 Å². The first-order chi connectivity index (χ1) is 9.99. The van der Waals surface area contributed by atoms with Gasteiger partial charge in [0.25, 0.3) is 0 Å². The lowest BCUT2D eigenvalue weighted by molar-refractivity contribution is -0.137. The maximum Gasteiger partial charge on any atom is 0.416 e. The Hall–Kier alpha value is -2.02. The Morgan fingerprint density at radius 3 is 2.81 bits per heavy atom. The summed E-state index contributed by atoms with van der Waals surface area (Å²) in [7, 11) is 1.36. The van der Waals surface area contributed by atoms with Gasteiger partial charge in [0.1, 0.15) is 11.6 Å². The predicted octanol–water partition coefficient (Wildman–Crippen LogP) is 2.68. The molecule has 0 amide bonds. The molecule has 1 aliphatic heterocycles. The molecule has 21 heavy (non-hydrogen) atoms. The fraction of sp³-hybridized carbons (Fsp3) is 0.357. The number of methoxy groups -OCH3 is 1. The molecule has 0 aliphatic carbocycles. The van der Waals surface area contributed by atoms with Gasteiger partial charge in [-0.25, -0.2) is 4.98 Å². The van der Waals surface area contributed by atoms with E-state index in [1.807, 2.05) is 10.8 Å². The predicted molar refractivity (Wildman–Crippen MR) is 70.9 cm³/mol. The van der Waals surface area contributed by atoms with Crippen LogP contribution in [0.4, 0.5) is 13.2 Å². The number of nitrogens with one attached hydrogen (secondary N) is 1. The fourth-order valence-corrected chi connectivity index (χ4v) is 2.40. The Labute approximate surface area is 119 Å². The molecule has 0 bridgehead atoms. The summed E-state index contributed by atoms with van der Waals surface area (Å²) in [6.07, 6.45) is -2.54. The Kier molecular flexibility index (Phi) is 3.36. The highest BCUT2D eigenvalue weighted by Gasteiger charge is 2.31. The van der Waals surface area contributed by atoms with E-state index in [2.05, 4.69) is 10.3 Å². The van der Waals surface area contributed by atoms with Gasteiger partial charge in [-0.1, -0.05) is 0 Å². The Bertz CT molecular complexity index is 640. The van der Waals surface area contributed by atoms with Gasteiger partial charge < -0.3 is 14.6 Å². The average molecular weight is 297 g/mol. The molecular formula is C14H14F3N3O. The molecule has 3 rings (SSSR count). The van der Waals surface area contributed by atoms with Gasteiger partial charge in [-0.15, -0.1) is 0 Å². The van der Waals surface area contributed by atoms with Crippen LogP contribution in [0.5, 0.6) is 5.75 Å². The van der Waals surface area contributed by atoms with Crippen molar-refractivity contribution in [2.24, 2.45) is 0 Å². The van der Waals surface area contributed by atoms with Gasteiger partial charge in [-0.2, -0.15) is 13.2 Å². The fourth-order valence-electron chi connectivity index (χ4n) is 2.40. The number of hydrogen-bond acceptors (Lipinski definition) is 3. The zero-order chi connectivity index (χ0) is 15.0. The molecule has 1 N–H and O–H groups in total. The van der Waals surface area contributed by atoms with E-state index in [0.29, 0.717) is 17.8 Å². The topological polar surface area (TPSA) is 39.1 Å². The summed E-state index contributed by atoms with van der Waals surface area (Å²) in [5.74, 6) is 1.05. The number of hydrogen-bond donors (Lipinski definition) is 1. The smallest absolute Gasteiger partial charge is 0.416 e. The van der Waals surface area contributed by atoms with E-state index in [4.69, 9.17) is 4.74 Å². The maximum atomic E-state index is 12.7. The molecule has 0 spiro atoms. The van der Waals surface area contributed by atoms with Crippen LogP contribution in [0.3, 0.4) is 0 Å². The second-order valence-corrected chi connectivity index (χ2v) is 4.83. The molecule has 2 aromatic rings. The summed E-state index contributed by atoms with van der Waals surface area (Å²) in [5, 5.41) is 3.20. The Morgan fingerprint density at radius 1 is 1.33 bits per heavy atom. The van der Waals surface area contributed by atoms with Crippen LogP contribution in [0.15, 0.2) is 24.4 Å². The van der Waals surface area contributed by atoms with Crippen LogP contribution in [-0.2, 0) is 19.3 Å². The number of nitrogens with zero attached hydrogens (tertiary/aromatic N) is 2. The molecule has 0 fully saturated rings. The van der Waals surface area contributed by atoms with Crippen molar-refractivity contribution in [3.05, 3.63) is 35.8 Å². The van der Waals surface area contributed by atoms with E-state index in [1.54, 1.807) is 0 Å². The van der Waals surface area contributed by atoms with Gasteiger partial charge in [-0.05, 0) is 18.2 Å². The number of rotatable bonds is 2. The monoisotopic (exact) mass is 297 g/mol. The van der Waals surface area contributed by atoms with Crippen molar-refractivity contribution < 1.29 is 17.9 Å². The summed E-state index contributed by atoms with van der Waals surface area (Å²) in [4.78, 5) is 4.46. The van der Waals surface area contributed by atoms with E-state index in [1.165, 1.54) is 13.2 Å². The quantitative estimate of drug-likeness (QED) is 0.926. The van der Waals surface area contributed by atoms with Gasteiger partial charge in [0.2, 0.25) is 0 Å². The maximum absolute atomic E-state index is 12.7. The molecule has 4 nitrogen and oxygen atoms in total. The summed E-state index contributed by atoms with van der Waals surface area (Å²) in [5.41, 5.74) is 0.459. The lowest BCUT2D eigenvalue weighted by Gasteiger charge is -2.13. The number of halogens is 3. The molecule has 7 heteroatoms. The molecular weight excluding hydrogens is 283 g/mol. The number of fused-ring (bicyclic) bond motifs is 1. The summed E-state index contributed by atoms with van der Waals surface area (Å²) < 4.78 is 45.3. The van der Waals surface area contributed by atoms with E-state index >= 15 is 0 Å². The molecule has 0 unspecified atom stereocenters. The molecule has 1 aromatic heterocycles. The first-order valence-corrected chi connectivity index (χ1v) is 6.51. The zero-order valence-electron chi connectivity index (χ0n) is 11.4. The largest absolute Gasteiger partial charge is 0.496 e. The van der Waals surface area contributed by atoms with Gasteiger partial charge in [-0.3, -0.25) is 0 Å². The molecule has 0 saturated carbocycles. The minimum atomic E-state index is -4.39. The molecule has 1 aromatic carbocycles. The van der Waals surface area contributed by atoms with Crippen LogP contribution < -0.4 is 10.1 Å². The lowest BCUT2D eigenvalue weighted by atomic mass is 10.1. The molecule has 112 valence electrons. The minimum Gasteiger partial charge on any atom is -0.496 e. The summed E-state index contributed by atoms with van der Waals surface area (Å²) in [6.45, 7) is 2.31. The molecule has 2 heterocycles. The summed E-state index contributed by atoms with van der Waals surface area (Å²) in [6, 6.07) is 3.46. The number of benzene rings is 1. The SMILES string of the molecule is COc1cc(C(F)(F)F)ccc1-c1cn2c(n1)CNCC2. The van der Waals surface area contributed by atoms with Crippen molar-refractivity contribution in [2.75, 3.05) is 13.7 Å². The highest BCUT2D eigenvalue weighted by atomic mass is 19.4. The van der Waals surface area contributed by atoms with Crippen LogP contribution in [0, 0.1) is 0 Å². The van der Waals surface area contributed by atoms with Gasteiger partial charge in [0.15, 0.2) is 0 Å². The third-order valence-electron chi connectivity index (χ3n) is 3.48. The lowest BCUT2D eigenvalue weighted by Crippen LogP contribution is -2.27. The average Bonchev–Trinajstić information content (AvgIpc) is 2.89. The summed E-state index contributed by atoms with van der Waals surface area (Å²) >= 11 is 0. The number of alkyl halides is 3. The van der Waals surface area contributed by atoms with Crippen molar-refractivity contribution in [1.82, 2.24) is 14.9 Å². The number of imidazole rings is 1. The van der Waals surface area contributed by atoms with Crippen LogP contribution in [-0.4, -0.2) is 23.2 Å². The van der Waals surface area contributed by atoms with Crippen LogP contribution in [0.1, 0.15) is 11.4 Å². The van der Waals surface area contributed by atoms with Crippen LogP contribution in [0.25, 0.3) is 11.3 Å². The van der Waals surface area contributed by atoms with Crippen molar-refractivity contribution in [3.63, 3.8) is 0 Å². The normalized spacial score (nSPS) is 14.9. The second-order valence-electron chi connectivity index (χ2n) is 4.83. The Morgan fingerprint density at radius 2 is 2.14 bits per heavy atom. The molecule has 0 saturated heterocycles. The standard InChI is InChI=1S/C14H14F3N3O/c1-21-12-6-9(14(15,16)17)2-3-10(12)11-8-20-5-4-18-7-13(20)19-11/h2-3,6,8,18H,4-5,7H2,1H3. The van der Waals surface area contributed by atoms with Crippen LogP contribution >= 0.6 is 0 Å². The number of ether oxygens (including phenoxy) is 1. The zero-order valence-corrected chi connectivity index (χ0v) is 11.4. The molecule has 0 atom stereocenters. The van der Waals surface area contributed by atoms with Crippen molar-refractivity contribution in [3.8, 4) is 17.0 Å². The third-order valence-corrected chi connectivity index (χ3v) is 3.48. The van der Waals surface area contributed by atoms with Gasteiger partial charge >= 0.3 is 6.18 Å². The van der Waals surface area contributed by atoms with Crippen molar-refractivity contribution >= 4 is 0 Å². The van der Waals surface area contributed by atoms with Gasteiger partial charge in [0.05, 0.1) is 24.9 Å². The van der Waals surface area contributed by atoms with Crippen molar-refractivity contribution in [1.29, 1.82) is 0 Å². The van der Waals surface area contributed by atoms with Crippen molar-refractivity contribution in [2.45, 2.75) is 19.3 Å². The Balaban J connectivity index is 2.04. The molecule has 0 radical (unpaired) electrons. The van der Waals surface area contributed by atoms with E-state index < -0.39 is 11.7 Å². The van der Waals surface area contributed by atoms with E-state index in [0.717, 1.165) is 31.0 Å². The highest BCUT2D eigenvalue weighted by Crippen LogP contribution is 2.36. The number of aromatic nitrogens is 2. The van der Waals surface area contributed by atoms with Gasteiger partial charge in [0, 0.05) is 24.8 Å². The first kappa shape index (κ1) is 13.9. The minimum absolute atomic E-state index is 0.174. The second kappa shape index (κ2) is 5.07. The molecule has 1 aliphatic rings. The third kappa shape index (κ3) is 2.61.